The number of para-hydroxylation sites is 2. The molecule has 0 unspecified atom stereocenters. The fraction of sp³-hybridized carbons (Fsp3) is 0. The summed E-state index contributed by atoms with van der Waals surface area (Å²) in [4.78, 5) is 0. The molecule has 0 fully saturated rings. The van der Waals surface area contributed by atoms with Crippen LogP contribution in [0.2, 0.25) is 0 Å². The van der Waals surface area contributed by atoms with E-state index in [-0.39, 0.29) is 0 Å². The minimum absolute atomic E-state index is 0.834. The highest BCUT2D eigenvalue weighted by Crippen LogP contribution is 2.40. The molecule has 36 heavy (non-hydrogen) atoms. The molecule has 0 aliphatic carbocycles. The van der Waals surface area contributed by atoms with Crippen LogP contribution in [0.4, 0.5) is 0 Å². The first-order chi connectivity index (χ1) is 17.9. The fourth-order valence-corrected chi connectivity index (χ4v) is 5.49. The van der Waals surface area contributed by atoms with E-state index >= 15 is 0 Å². The standard InChI is InChI=1S/C32H19N3O/c1-2-9-21-20(8-1)18-19-35-31(21)33-34-32(35)28-17-16-24(22-10-3-4-11-23(22)28)26-13-7-14-27-25-12-5-6-15-29(25)36-30(26)27/h1-19H. The van der Waals surface area contributed by atoms with E-state index in [4.69, 9.17) is 4.42 Å². The fourth-order valence-electron chi connectivity index (χ4n) is 5.49. The summed E-state index contributed by atoms with van der Waals surface area (Å²) in [5.74, 6) is 0.834. The molecule has 168 valence electrons. The third kappa shape index (κ3) is 2.64. The molecule has 0 saturated heterocycles. The van der Waals surface area contributed by atoms with Gasteiger partial charge in [-0.25, -0.2) is 0 Å². The van der Waals surface area contributed by atoms with Gasteiger partial charge in [-0.1, -0.05) is 91.0 Å². The van der Waals surface area contributed by atoms with Gasteiger partial charge in [-0.15, -0.1) is 10.2 Å². The van der Waals surface area contributed by atoms with Crippen molar-refractivity contribution in [1.82, 2.24) is 14.6 Å². The van der Waals surface area contributed by atoms with Gasteiger partial charge in [-0.3, -0.25) is 4.40 Å². The molecule has 0 atom stereocenters. The van der Waals surface area contributed by atoms with Gasteiger partial charge in [0.1, 0.15) is 11.2 Å². The first kappa shape index (κ1) is 19.4. The zero-order chi connectivity index (χ0) is 23.6. The first-order valence-electron chi connectivity index (χ1n) is 12.0. The Balaban J connectivity index is 1.40. The molecule has 0 amide bonds. The highest BCUT2D eigenvalue weighted by molar-refractivity contribution is 6.13. The molecule has 3 heterocycles. The van der Waals surface area contributed by atoms with E-state index in [1.807, 2.05) is 24.3 Å². The second kappa shape index (κ2) is 7.27. The lowest BCUT2D eigenvalue weighted by molar-refractivity contribution is 0.670. The van der Waals surface area contributed by atoms with Gasteiger partial charge in [0, 0.05) is 33.5 Å². The highest BCUT2D eigenvalue weighted by Gasteiger charge is 2.18. The Labute approximate surface area is 206 Å². The van der Waals surface area contributed by atoms with E-state index in [9.17, 15) is 0 Å². The van der Waals surface area contributed by atoms with Crippen LogP contribution in [-0.2, 0) is 0 Å². The summed E-state index contributed by atoms with van der Waals surface area (Å²) in [6.45, 7) is 0. The SMILES string of the molecule is c1ccc2c(c1)ccn1c(-c3ccc(-c4cccc5c4oc4ccccc45)c4ccccc34)nnc21. The largest absolute Gasteiger partial charge is 0.455 e. The molecular weight excluding hydrogens is 442 g/mol. The van der Waals surface area contributed by atoms with Crippen molar-refractivity contribution in [3.05, 3.63) is 115 Å². The van der Waals surface area contributed by atoms with Crippen LogP contribution < -0.4 is 0 Å². The molecule has 0 aliphatic heterocycles. The summed E-state index contributed by atoms with van der Waals surface area (Å²) < 4.78 is 8.45. The molecule has 3 aromatic heterocycles. The Kier molecular flexibility index (Phi) is 3.91. The second-order valence-corrected chi connectivity index (χ2v) is 9.11. The number of hydrogen-bond acceptors (Lipinski definition) is 3. The quantitative estimate of drug-likeness (QED) is 0.260. The van der Waals surface area contributed by atoms with Crippen molar-refractivity contribution in [3.63, 3.8) is 0 Å². The minimum Gasteiger partial charge on any atom is -0.455 e. The average molecular weight is 462 g/mol. The van der Waals surface area contributed by atoms with Crippen LogP contribution in [-0.4, -0.2) is 14.6 Å². The van der Waals surface area contributed by atoms with Crippen LogP contribution in [0.3, 0.4) is 0 Å². The number of aromatic nitrogens is 3. The van der Waals surface area contributed by atoms with E-state index in [0.717, 1.165) is 71.6 Å². The molecular formula is C32H19N3O. The van der Waals surface area contributed by atoms with Crippen molar-refractivity contribution in [2.45, 2.75) is 0 Å². The molecule has 4 heteroatoms. The monoisotopic (exact) mass is 461 g/mol. The average Bonchev–Trinajstić information content (AvgIpc) is 3.54. The predicted molar refractivity (Wildman–Crippen MR) is 146 cm³/mol. The molecule has 8 aromatic rings. The Morgan fingerprint density at radius 2 is 1.19 bits per heavy atom. The van der Waals surface area contributed by atoms with E-state index in [0.29, 0.717) is 0 Å². The summed E-state index contributed by atoms with van der Waals surface area (Å²) in [5.41, 5.74) is 5.96. The van der Waals surface area contributed by atoms with Crippen molar-refractivity contribution in [2.24, 2.45) is 0 Å². The first-order valence-corrected chi connectivity index (χ1v) is 12.0. The van der Waals surface area contributed by atoms with E-state index < -0.39 is 0 Å². The van der Waals surface area contributed by atoms with Crippen molar-refractivity contribution in [2.75, 3.05) is 0 Å². The number of nitrogens with zero attached hydrogens (tertiary/aromatic N) is 3. The van der Waals surface area contributed by atoms with E-state index in [1.54, 1.807) is 0 Å². The maximum Gasteiger partial charge on any atom is 0.168 e. The third-order valence-electron chi connectivity index (χ3n) is 7.16. The predicted octanol–water partition coefficient (Wildman–Crippen LogP) is 8.27. The summed E-state index contributed by atoms with van der Waals surface area (Å²) >= 11 is 0. The second-order valence-electron chi connectivity index (χ2n) is 9.11. The van der Waals surface area contributed by atoms with Crippen molar-refractivity contribution >= 4 is 49.1 Å². The van der Waals surface area contributed by atoms with Crippen LogP contribution >= 0.6 is 0 Å². The zero-order valence-corrected chi connectivity index (χ0v) is 19.2. The van der Waals surface area contributed by atoms with Gasteiger partial charge in [0.25, 0.3) is 0 Å². The number of furan rings is 1. The van der Waals surface area contributed by atoms with Gasteiger partial charge in [-0.05, 0) is 39.9 Å². The normalized spacial score (nSPS) is 11.9. The van der Waals surface area contributed by atoms with Crippen LogP contribution in [0, 0.1) is 0 Å². The summed E-state index contributed by atoms with van der Waals surface area (Å²) in [6.07, 6.45) is 2.06. The Morgan fingerprint density at radius 3 is 2.08 bits per heavy atom. The van der Waals surface area contributed by atoms with E-state index in [1.165, 1.54) is 0 Å². The summed E-state index contributed by atoms with van der Waals surface area (Å²) in [6, 6.07) is 37.9. The minimum atomic E-state index is 0.834. The number of rotatable bonds is 2. The van der Waals surface area contributed by atoms with Gasteiger partial charge >= 0.3 is 0 Å². The lowest BCUT2D eigenvalue weighted by Gasteiger charge is -2.11. The Morgan fingerprint density at radius 1 is 0.500 bits per heavy atom. The Hall–Kier alpha value is -4.96. The molecule has 5 aromatic carbocycles. The topological polar surface area (TPSA) is 43.3 Å². The van der Waals surface area contributed by atoms with Crippen LogP contribution in [0.15, 0.2) is 120 Å². The van der Waals surface area contributed by atoms with Gasteiger partial charge in [0.2, 0.25) is 0 Å². The maximum atomic E-state index is 6.36. The molecule has 0 saturated carbocycles. The molecule has 8 rings (SSSR count). The summed E-state index contributed by atoms with van der Waals surface area (Å²) in [5, 5.41) is 16.0. The molecule has 0 aliphatic rings. The number of hydrogen-bond donors (Lipinski definition) is 0. The maximum absolute atomic E-state index is 6.36. The summed E-state index contributed by atoms with van der Waals surface area (Å²) in [7, 11) is 0. The van der Waals surface area contributed by atoms with Gasteiger partial charge in [0.05, 0.1) is 0 Å². The molecule has 0 spiro atoms. The van der Waals surface area contributed by atoms with Gasteiger partial charge < -0.3 is 4.42 Å². The zero-order valence-electron chi connectivity index (χ0n) is 19.2. The van der Waals surface area contributed by atoms with E-state index in [2.05, 4.69) is 106 Å². The molecule has 0 bridgehead atoms. The highest BCUT2D eigenvalue weighted by atomic mass is 16.3. The molecule has 0 radical (unpaired) electrons. The van der Waals surface area contributed by atoms with Crippen LogP contribution in [0.5, 0.6) is 0 Å². The lowest BCUT2D eigenvalue weighted by atomic mass is 9.93. The lowest BCUT2D eigenvalue weighted by Crippen LogP contribution is -1.92. The smallest absolute Gasteiger partial charge is 0.168 e. The van der Waals surface area contributed by atoms with Crippen molar-refractivity contribution in [3.8, 4) is 22.5 Å². The third-order valence-corrected chi connectivity index (χ3v) is 7.16. The van der Waals surface area contributed by atoms with Crippen molar-refractivity contribution < 1.29 is 4.42 Å². The Bertz CT molecular complexity index is 2120. The van der Waals surface area contributed by atoms with Crippen LogP contribution in [0.1, 0.15) is 0 Å². The number of benzene rings is 5. The van der Waals surface area contributed by atoms with Crippen LogP contribution in [0.25, 0.3) is 71.6 Å². The van der Waals surface area contributed by atoms with Gasteiger partial charge in [-0.2, -0.15) is 0 Å². The number of pyridine rings is 1. The number of fused-ring (bicyclic) bond motifs is 7. The van der Waals surface area contributed by atoms with Gasteiger partial charge in [0.15, 0.2) is 11.5 Å². The molecule has 4 nitrogen and oxygen atoms in total. The van der Waals surface area contributed by atoms with Crippen molar-refractivity contribution in [1.29, 1.82) is 0 Å². The molecule has 0 N–H and O–H groups in total.